The van der Waals surface area contributed by atoms with Crippen LogP contribution in [0.2, 0.25) is 0 Å². The number of hydrogen-bond acceptors (Lipinski definition) is 4. The molecule has 5 N–H and O–H groups in total. The highest BCUT2D eigenvalue weighted by Crippen LogP contribution is 2.23. The first-order chi connectivity index (χ1) is 6.02. The van der Waals surface area contributed by atoms with E-state index in [2.05, 4.69) is 5.43 Å². The van der Waals surface area contributed by atoms with E-state index >= 15 is 0 Å². The summed E-state index contributed by atoms with van der Waals surface area (Å²) >= 11 is 1.57. The number of carbonyl (C=O) groups excluding carboxylic acids is 1. The molecule has 0 bridgehead atoms. The van der Waals surface area contributed by atoms with Gasteiger partial charge in [-0.15, -0.1) is 11.8 Å². The molecule has 0 aromatic heterocycles. The fourth-order valence-corrected chi connectivity index (χ4v) is 2.03. The van der Waals surface area contributed by atoms with Crippen LogP contribution in [0.5, 0.6) is 0 Å². The molecular formula is C8H19N3OS. The van der Waals surface area contributed by atoms with E-state index in [1.165, 1.54) is 0 Å². The lowest BCUT2D eigenvalue weighted by molar-refractivity contribution is -0.121. The highest BCUT2D eigenvalue weighted by molar-refractivity contribution is 8.01. The van der Waals surface area contributed by atoms with Crippen molar-refractivity contribution in [1.29, 1.82) is 0 Å². The molecule has 0 spiro atoms. The predicted octanol–water partition coefficient (Wildman–Crippen LogP) is 0.0813. The Morgan fingerprint density at radius 1 is 1.46 bits per heavy atom. The zero-order valence-electron chi connectivity index (χ0n) is 8.41. The predicted molar refractivity (Wildman–Crippen MR) is 57.1 cm³/mol. The minimum atomic E-state index is -0.125. The van der Waals surface area contributed by atoms with Gasteiger partial charge < -0.3 is 5.73 Å². The number of thioether (sulfide) groups is 1. The van der Waals surface area contributed by atoms with Crippen LogP contribution >= 0.6 is 11.8 Å². The Bertz CT molecular complexity index is 163. The van der Waals surface area contributed by atoms with E-state index in [9.17, 15) is 4.79 Å². The average molecular weight is 205 g/mol. The van der Waals surface area contributed by atoms with Gasteiger partial charge in [-0.1, -0.05) is 20.8 Å². The summed E-state index contributed by atoms with van der Waals surface area (Å²) in [6.45, 7) is 6.57. The molecule has 0 aliphatic carbocycles. The molecule has 0 saturated carbocycles. The van der Waals surface area contributed by atoms with Crippen molar-refractivity contribution in [1.82, 2.24) is 5.43 Å². The first-order valence-corrected chi connectivity index (χ1v) is 5.33. The van der Waals surface area contributed by atoms with Gasteiger partial charge >= 0.3 is 0 Å². The van der Waals surface area contributed by atoms with Crippen LogP contribution in [-0.4, -0.2) is 23.0 Å². The van der Waals surface area contributed by atoms with E-state index in [-0.39, 0.29) is 22.3 Å². The highest BCUT2D eigenvalue weighted by Gasteiger charge is 2.23. The first-order valence-electron chi connectivity index (χ1n) is 4.38. The zero-order valence-corrected chi connectivity index (χ0v) is 9.23. The molecule has 0 rings (SSSR count). The van der Waals surface area contributed by atoms with Gasteiger partial charge in [-0.05, 0) is 5.92 Å². The second-order valence-corrected chi connectivity index (χ2v) is 4.94. The summed E-state index contributed by atoms with van der Waals surface area (Å²) in [6, 6.07) is 0. The van der Waals surface area contributed by atoms with Gasteiger partial charge in [-0.2, -0.15) is 0 Å². The second kappa shape index (κ2) is 6.23. The quantitative estimate of drug-likeness (QED) is 0.337. The summed E-state index contributed by atoms with van der Waals surface area (Å²) in [5, 5.41) is 0.174. The standard InChI is InChI=1S/C8H19N3OS/c1-5(2)7(8(12)11-10)13-6(3)4-9/h5-7H,4,9-10H2,1-3H3,(H,11,12). The second-order valence-electron chi connectivity index (χ2n) is 3.36. The maximum Gasteiger partial charge on any atom is 0.247 e. The number of hydrazine groups is 1. The van der Waals surface area contributed by atoms with E-state index in [0.29, 0.717) is 6.54 Å². The van der Waals surface area contributed by atoms with E-state index in [1.807, 2.05) is 20.8 Å². The smallest absolute Gasteiger partial charge is 0.247 e. The molecule has 0 heterocycles. The Morgan fingerprint density at radius 3 is 2.31 bits per heavy atom. The molecule has 0 saturated heterocycles. The maximum atomic E-state index is 11.3. The normalized spacial score (nSPS) is 15.5. The van der Waals surface area contributed by atoms with Crippen molar-refractivity contribution in [2.24, 2.45) is 17.5 Å². The Balaban J connectivity index is 4.18. The van der Waals surface area contributed by atoms with E-state index < -0.39 is 0 Å². The largest absolute Gasteiger partial charge is 0.329 e. The average Bonchev–Trinajstić information content (AvgIpc) is 2.11. The third-order valence-electron chi connectivity index (χ3n) is 1.72. The molecule has 2 atom stereocenters. The number of nitrogens with two attached hydrogens (primary N) is 2. The van der Waals surface area contributed by atoms with Crippen molar-refractivity contribution in [3.05, 3.63) is 0 Å². The summed E-state index contributed by atoms with van der Waals surface area (Å²) in [6.07, 6.45) is 0. The van der Waals surface area contributed by atoms with Gasteiger partial charge in [0.05, 0.1) is 5.25 Å². The maximum absolute atomic E-state index is 11.3. The summed E-state index contributed by atoms with van der Waals surface area (Å²) in [5.41, 5.74) is 7.65. The van der Waals surface area contributed by atoms with Crippen molar-refractivity contribution >= 4 is 17.7 Å². The third-order valence-corrected chi connectivity index (χ3v) is 3.43. The van der Waals surface area contributed by atoms with Crippen LogP contribution < -0.4 is 17.0 Å². The van der Waals surface area contributed by atoms with Crippen LogP contribution in [0.4, 0.5) is 0 Å². The summed E-state index contributed by atoms with van der Waals surface area (Å²) in [7, 11) is 0. The summed E-state index contributed by atoms with van der Waals surface area (Å²) in [4.78, 5) is 11.3. The highest BCUT2D eigenvalue weighted by atomic mass is 32.2. The van der Waals surface area contributed by atoms with Crippen LogP contribution in [0.25, 0.3) is 0 Å². The molecule has 1 amide bonds. The monoisotopic (exact) mass is 205 g/mol. The van der Waals surface area contributed by atoms with Crippen LogP contribution in [0.1, 0.15) is 20.8 Å². The molecule has 0 aliphatic rings. The fourth-order valence-electron chi connectivity index (χ4n) is 0.910. The lowest BCUT2D eigenvalue weighted by Crippen LogP contribution is -2.41. The molecule has 5 heteroatoms. The molecule has 0 radical (unpaired) electrons. The third kappa shape index (κ3) is 4.50. The molecule has 13 heavy (non-hydrogen) atoms. The van der Waals surface area contributed by atoms with Crippen LogP contribution in [0.15, 0.2) is 0 Å². The number of nitrogens with one attached hydrogen (secondary N) is 1. The molecule has 0 aromatic carbocycles. The Kier molecular flexibility index (Phi) is 6.11. The zero-order chi connectivity index (χ0) is 10.4. The Labute approximate surface area is 83.8 Å². The minimum absolute atomic E-state index is 0.108. The van der Waals surface area contributed by atoms with Crippen LogP contribution in [0.3, 0.4) is 0 Å². The molecule has 0 aliphatic heterocycles. The molecular weight excluding hydrogens is 186 g/mol. The van der Waals surface area contributed by atoms with Crippen LogP contribution in [0, 0.1) is 5.92 Å². The Morgan fingerprint density at radius 2 is 2.00 bits per heavy atom. The summed E-state index contributed by atoms with van der Waals surface area (Å²) < 4.78 is 0. The molecule has 78 valence electrons. The molecule has 4 nitrogen and oxygen atoms in total. The van der Waals surface area contributed by atoms with Crippen molar-refractivity contribution in [3.63, 3.8) is 0 Å². The molecule has 0 aromatic rings. The molecule has 0 fully saturated rings. The van der Waals surface area contributed by atoms with Gasteiger partial charge in [0, 0.05) is 11.8 Å². The minimum Gasteiger partial charge on any atom is -0.329 e. The van der Waals surface area contributed by atoms with E-state index in [0.717, 1.165) is 0 Å². The number of amides is 1. The SMILES string of the molecule is CC(CN)SC(C(=O)NN)C(C)C. The van der Waals surface area contributed by atoms with Crippen molar-refractivity contribution in [3.8, 4) is 0 Å². The lowest BCUT2D eigenvalue weighted by Gasteiger charge is -2.21. The lowest BCUT2D eigenvalue weighted by atomic mass is 10.1. The van der Waals surface area contributed by atoms with E-state index in [1.54, 1.807) is 11.8 Å². The number of hydrogen-bond donors (Lipinski definition) is 3. The first kappa shape index (κ1) is 12.7. The number of carbonyl (C=O) groups is 1. The van der Waals surface area contributed by atoms with Gasteiger partial charge in [0.25, 0.3) is 0 Å². The van der Waals surface area contributed by atoms with Crippen molar-refractivity contribution < 1.29 is 4.79 Å². The van der Waals surface area contributed by atoms with Crippen LogP contribution in [-0.2, 0) is 4.79 Å². The fraction of sp³-hybridized carbons (Fsp3) is 0.875. The molecule has 2 unspecified atom stereocenters. The summed E-state index contributed by atoms with van der Waals surface area (Å²) in [5.74, 6) is 5.23. The van der Waals surface area contributed by atoms with Gasteiger partial charge in [-0.25, -0.2) is 5.84 Å². The number of rotatable bonds is 5. The van der Waals surface area contributed by atoms with Gasteiger partial charge in [0.15, 0.2) is 0 Å². The Hall–Kier alpha value is -0.260. The van der Waals surface area contributed by atoms with Gasteiger partial charge in [0.2, 0.25) is 5.91 Å². The topological polar surface area (TPSA) is 81.1 Å². The van der Waals surface area contributed by atoms with Gasteiger partial charge in [0.1, 0.15) is 0 Å². The van der Waals surface area contributed by atoms with Gasteiger partial charge in [-0.3, -0.25) is 10.2 Å². The van der Waals surface area contributed by atoms with Crippen molar-refractivity contribution in [2.45, 2.75) is 31.3 Å². The van der Waals surface area contributed by atoms with E-state index in [4.69, 9.17) is 11.6 Å². The van der Waals surface area contributed by atoms with Crippen molar-refractivity contribution in [2.75, 3.05) is 6.54 Å².